The monoisotopic (exact) mass is 278 g/mol. The third-order valence-electron chi connectivity index (χ3n) is 4.94. The molecule has 0 bridgehead atoms. The number of carbonyl (C=O) groups is 1. The van der Waals surface area contributed by atoms with E-state index in [-0.39, 0.29) is 11.2 Å². The van der Waals surface area contributed by atoms with Gasteiger partial charge in [0.25, 0.3) is 0 Å². The lowest BCUT2D eigenvalue weighted by molar-refractivity contribution is -0.110. The second-order valence-electron chi connectivity index (χ2n) is 6.35. The molecule has 1 heteroatoms. The van der Waals surface area contributed by atoms with Crippen LogP contribution in [0.4, 0.5) is 0 Å². The first-order valence-corrected chi connectivity index (χ1v) is 7.81. The van der Waals surface area contributed by atoms with E-state index < -0.39 is 0 Å². The highest BCUT2D eigenvalue weighted by Gasteiger charge is 2.43. The molecule has 2 aliphatic rings. The van der Waals surface area contributed by atoms with Gasteiger partial charge in [-0.05, 0) is 55.2 Å². The van der Waals surface area contributed by atoms with Gasteiger partial charge < -0.3 is 0 Å². The van der Waals surface area contributed by atoms with Crippen LogP contribution in [0, 0.1) is 11.3 Å². The second kappa shape index (κ2) is 5.85. The summed E-state index contributed by atoms with van der Waals surface area (Å²) in [6.07, 6.45) is 14.3. The zero-order valence-corrected chi connectivity index (χ0v) is 12.4. The molecule has 1 aromatic rings. The van der Waals surface area contributed by atoms with Gasteiger partial charge in [-0.3, -0.25) is 4.79 Å². The van der Waals surface area contributed by atoms with Crippen LogP contribution >= 0.6 is 0 Å². The van der Waals surface area contributed by atoms with E-state index in [1.54, 1.807) is 12.2 Å². The summed E-state index contributed by atoms with van der Waals surface area (Å²) in [7, 11) is 0. The summed E-state index contributed by atoms with van der Waals surface area (Å²) in [5.41, 5.74) is 1.52. The molecular formula is C20H22O. The second-order valence-corrected chi connectivity index (χ2v) is 6.35. The molecular weight excluding hydrogens is 256 g/mol. The number of hydrogen-bond acceptors (Lipinski definition) is 1. The number of rotatable bonds is 4. The first-order valence-electron chi connectivity index (χ1n) is 7.81. The quantitative estimate of drug-likeness (QED) is 0.721. The third kappa shape index (κ3) is 2.92. The predicted molar refractivity (Wildman–Crippen MR) is 87.1 cm³/mol. The normalized spacial score (nSPS) is 26.4. The van der Waals surface area contributed by atoms with Gasteiger partial charge in [-0.1, -0.05) is 48.6 Å². The summed E-state index contributed by atoms with van der Waals surface area (Å²) in [5, 5.41) is 0. The molecule has 0 unspecified atom stereocenters. The highest BCUT2D eigenvalue weighted by atomic mass is 16.1. The third-order valence-corrected chi connectivity index (χ3v) is 4.94. The summed E-state index contributed by atoms with van der Waals surface area (Å²) in [6, 6.07) is 10.8. The van der Waals surface area contributed by atoms with E-state index in [9.17, 15) is 4.79 Å². The Morgan fingerprint density at radius 2 is 1.86 bits per heavy atom. The van der Waals surface area contributed by atoms with Crippen LogP contribution in [0.5, 0.6) is 0 Å². The Balaban J connectivity index is 1.87. The van der Waals surface area contributed by atoms with Crippen molar-refractivity contribution in [2.45, 2.75) is 31.6 Å². The molecule has 0 radical (unpaired) electrons. The Kier molecular flexibility index (Phi) is 3.92. The fourth-order valence-corrected chi connectivity index (χ4v) is 3.89. The molecule has 2 aliphatic carbocycles. The summed E-state index contributed by atoms with van der Waals surface area (Å²) in [4.78, 5) is 11.4. The number of carbonyl (C=O) groups excluding carboxylic acids is 1. The molecule has 1 spiro atoms. The van der Waals surface area contributed by atoms with Crippen LogP contribution in [0.25, 0.3) is 0 Å². The maximum atomic E-state index is 11.4. The molecule has 108 valence electrons. The SMILES string of the molecule is C=CCC[C@@H]1CC2(C=CC(=O)C=C2)C[C@@H]1c1ccccc1. The molecule has 0 N–H and O–H groups in total. The van der Waals surface area contributed by atoms with Gasteiger partial charge >= 0.3 is 0 Å². The van der Waals surface area contributed by atoms with Crippen molar-refractivity contribution >= 4 is 5.78 Å². The molecule has 1 fully saturated rings. The van der Waals surface area contributed by atoms with Gasteiger partial charge in [0, 0.05) is 5.41 Å². The van der Waals surface area contributed by atoms with Crippen molar-refractivity contribution in [1.29, 1.82) is 0 Å². The van der Waals surface area contributed by atoms with Crippen LogP contribution in [0.3, 0.4) is 0 Å². The Morgan fingerprint density at radius 3 is 2.52 bits per heavy atom. The number of ketones is 1. The van der Waals surface area contributed by atoms with Gasteiger partial charge in [0.2, 0.25) is 0 Å². The van der Waals surface area contributed by atoms with E-state index in [0.717, 1.165) is 19.3 Å². The van der Waals surface area contributed by atoms with Crippen molar-refractivity contribution in [2.24, 2.45) is 11.3 Å². The Hall–Kier alpha value is -1.89. The lowest BCUT2D eigenvalue weighted by Gasteiger charge is -2.23. The van der Waals surface area contributed by atoms with Crippen molar-refractivity contribution in [1.82, 2.24) is 0 Å². The van der Waals surface area contributed by atoms with Gasteiger partial charge in [0.05, 0.1) is 0 Å². The fraction of sp³-hybridized carbons (Fsp3) is 0.350. The predicted octanol–water partition coefficient (Wildman–Crippen LogP) is 4.83. The number of benzene rings is 1. The standard InChI is InChI=1S/C20H22O/c1-2-3-7-17-14-20(12-10-18(21)11-13-20)15-19(17)16-8-5-4-6-9-16/h2,4-6,8-13,17,19H,1,3,7,14-15H2/t17-,19-/m1/s1. The van der Waals surface area contributed by atoms with Crippen molar-refractivity contribution < 1.29 is 4.79 Å². The van der Waals surface area contributed by atoms with Gasteiger partial charge in [-0.25, -0.2) is 0 Å². The average Bonchev–Trinajstić information content (AvgIpc) is 2.88. The van der Waals surface area contributed by atoms with E-state index in [1.807, 2.05) is 6.08 Å². The molecule has 0 aliphatic heterocycles. The molecule has 0 saturated heterocycles. The van der Waals surface area contributed by atoms with Crippen LogP contribution in [0.2, 0.25) is 0 Å². The molecule has 1 nitrogen and oxygen atoms in total. The van der Waals surface area contributed by atoms with Crippen LogP contribution in [0.15, 0.2) is 67.3 Å². The lowest BCUT2D eigenvalue weighted by Crippen LogP contribution is -2.14. The van der Waals surface area contributed by atoms with Crippen LogP contribution in [-0.2, 0) is 4.79 Å². The maximum Gasteiger partial charge on any atom is 0.178 e. The van der Waals surface area contributed by atoms with E-state index in [4.69, 9.17) is 0 Å². The Morgan fingerprint density at radius 1 is 1.14 bits per heavy atom. The molecule has 0 amide bonds. The zero-order valence-electron chi connectivity index (χ0n) is 12.4. The highest BCUT2D eigenvalue weighted by molar-refractivity contribution is 6.00. The molecule has 1 saturated carbocycles. The lowest BCUT2D eigenvalue weighted by atomic mass is 9.81. The van der Waals surface area contributed by atoms with Gasteiger partial charge in [-0.2, -0.15) is 0 Å². The average molecular weight is 278 g/mol. The van der Waals surface area contributed by atoms with Crippen molar-refractivity contribution in [3.8, 4) is 0 Å². The summed E-state index contributed by atoms with van der Waals surface area (Å²) < 4.78 is 0. The van der Waals surface area contributed by atoms with E-state index in [0.29, 0.717) is 11.8 Å². The van der Waals surface area contributed by atoms with Gasteiger partial charge in [0.1, 0.15) is 0 Å². The smallest absolute Gasteiger partial charge is 0.178 e. The number of hydrogen-bond donors (Lipinski definition) is 0. The largest absolute Gasteiger partial charge is 0.290 e. The Bertz CT molecular complexity index is 563. The highest BCUT2D eigenvalue weighted by Crippen LogP contribution is 2.54. The molecule has 0 heterocycles. The molecule has 21 heavy (non-hydrogen) atoms. The molecule has 0 aromatic heterocycles. The summed E-state index contributed by atoms with van der Waals surface area (Å²) in [6.45, 7) is 3.86. The van der Waals surface area contributed by atoms with Crippen LogP contribution in [-0.4, -0.2) is 5.78 Å². The fourth-order valence-electron chi connectivity index (χ4n) is 3.89. The number of allylic oxidation sites excluding steroid dienone is 5. The van der Waals surface area contributed by atoms with E-state index in [1.165, 1.54) is 12.0 Å². The van der Waals surface area contributed by atoms with Crippen molar-refractivity contribution in [3.63, 3.8) is 0 Å². The van der Waals surface area contributed by atoms with E-state index in [2.05, 4.69) is 49.1 Å². The zero-order chi connectivity index (χ0) is 14.7. The first kappa shape index (κ1) is 14.1. The first-order chi connectivity index (χ1) is 10.2. The van der Waals surface area contributed by atoms with E-state index >= 15 is 0 Å². The topological polar surface area (TPSA) is 17.1 Å². The van der Waals surface area contributed by atoms with Crippen molar-refractivity contribution in [3.05, 3.63) is 72.9 Å². The van der Waals surface area contributed by atoms with Gasteiger partial charge in [-0.15, -0.1) is 6.58 Å². The molecule has 3 rings (SSSR count). The van der Waals surface area contributed by atoms with Crippen LogP contribution in [0.1, 0.15) is 37.2 Å². The Labute approximate surface area is 127 Å². The molecule has 2 atom stereocenters. The minimum atomic E-state index is 0.0836. The minimum Gasteiger partial charge on any atom is -0.290 e. The maximum absolute atomic E-state index is 11.4. The summed E-state index contributed by atoms with van der Waals surface area (Å²) >= 11 is 0. The van der Waals surface area contributed by atoms with Crippen molar-refractivity contribution in [2.75, 3.05) is 0 Å². The van der Waals surface area contributed by atoms with Crippen LogP contribution < -0.4 is 0 Å². The summed E-state index contributed by atoms with van der Waals surface area (Å²) in [5.74, 6) is 1.35. The molecule has 1 aromatic carbocycles. The minimum absolute atomic E-state index is 0.0836. The van der Waals surface area contributed by atoms with Gasteiger partial charge in [0.15, 0.2) is 5.78 Å².